The van der Waals surface area contributed by atoms with Crippen molar-refractivity contribution in [1.82, 2.24) is 4.90 Å². The van der Waals surface area contributed by atoms with Crippen molar-refractivity contribution < 1.29 is 28.8 Å². The largest absolute Gasteiger partial charge is 0.508 e. The summed E-state index contributed by atoms with van der Waals surface area (Å²) in [6.07, 6.45) is 0.246. The van der Waals surface area contributed by atoms with Crippen molar-refractivity contribution >= 4 is 11.1 Å². The average Bonchev–Trinajstić information content (AvgIpc) is 3.04. The predicted molar refractivity (Wildman–Crippen MR) is 134 cm³/mol. The van der Waals surface area contributed by atoms with Crippen LogP contribution in [0.5, 0.6) is 28.7 Å². The van der Waals surface area contributed by atoms with Crippen molar-refractivity contribution in [2.45, 2.75) is 12.5 Å². The molecule has 1 atom stereocenters. The highest BCUT2D eigenvalue weighted by Crippen LogP contribution is 2.51. The van der Waals surface area contributed by atoms with Gasteiger partial charge < -0.3 is 24.4 Å². The normalized spacial score (nSPS) is 19.2. The van der Waals surface area contributed by atoms with Crippen LogP contribution in [0, 0.1) is 5.92 Å². The Kier molecular flexibility index (Phi) is 5.93. The molecule has 3 aliphatic heterocycles. The number of benzene rings is 3. The van der Waals surface area contributed by atoms with Crippen molar-refractivity contribution in [3.8, 4) is 28.7 Å². The Labute approximate surface area is 209 Å². The highest BCUT2D eigenvalue weighted by atomic mass is 19.1. The summed E-state index contributed by atoms with van der Waals surface area (Å²) in [6, 6.07) is 18.2. The highest BCUT2D eigenvalue weighted by molar-refractivity contribution is 5.98. The van der Waals surface area contributed by atoms with Crippen LogP contribution in [-0.2, 0) is 0 Å². The van der Waals surface area contributed by atoms with E-state index < -0.39 is 6.10 Å². The topological polar surface area (TPSA) is 71.4 Å². The lowest BCUT2D eigenvalue weighted by molar-refractivity contribution is 0.0668. The molecule has 0 aliphatic carbocycles. The number of aromatic hydroxyl groups is 2. The first kappa shape index (κ1) is 22.7. The zero-order chi connectivity index (χ0) is 24.6. The first-order chi connectivity index (χ1) is 17.6. The van der Waals surface area contributed by atoms with Crippen LogP contribution in [0.25, 0.3) is 11.1 Å². The standard InChI is InChI=1S/C29H28FNO5/c30-15-18-16-31(17-18)10-12-34-22-5-1-19(2-6-22)29-28-24(23-7-3-21(33)14-27(23)36-29)9-11-35-26-13-20(32)4-8-25(26)28/h1-8,13-14,18,29,32-33H,9-12,15-17H2/t29-/m1/s1. The van der Waals surface area contributed by atoms with Gasteiger partial charge in [-0.3, -0.25) is 9.29 Å². The molecule has 0 unspecified atom stereocenters. The number of phenolic OH excluding ortho intramolecular Hbond substituents is 2. The molecule has 3 aliphatic rings. The van der Waals surface area contributed by atoms with Gasteiger partial charge in [-0.1, -0.05) is 12.1 Å². The molecule has 186 valence electrons. The number of nitrogens with zero attached hydrogens (tertiary/aromatic N) is 1. The van der Waals surface area contributed by atoms with Crippen LogP contribution in [0.1, 0.15) is 29.2 Å². The first-order valence-electron chi connectivity index (χ1n) is 12.3. The quantitative estimate of drug-likeness (QED) is 0.496. The number of likely N-dealkylation sites (tertiary alicyclic amines) is 1. The minimum atomic E-state index is -0.424. The maximum Gasteiger partial charge on any atom is 0.150 e. The van der Waals surface area contributed by atoms with Gasteiger partial charge in [0.15, 0.2) is 0 Å². The molecule has 0 aromatic heterocycles. The maximum absolute atomic E-state index is 12.6. The van der Waals surface area contributed by atoms with E-state index in [2.05, 4.69) is 4.90 Å². The van der Waals surface area contributed by atoms with Crippen LogP contribution in [0.2, 0.25) is 0 Å². The minimum absolute atomic E-state index is 0.149. The fourth-order valence-corrected chi connectivity index (χ4v) is 5.26. The number of hydrogen-bond donors (Lipinski definition) is 2. The lowest BCUT2D eigenvalue weighted by atomic mass is 9.84. The number of halogens is 1. The SMILES string of the molecule is Oc1ccc2c(c1)O[C@H](c1ccc(OCCN3CC(CF)C3)cc1)C1=C2CCOc2cc(O)ccc21. The summed E-state index contributed by atoms with van der Waals surface area (Å²) in [5, 5.41) is 20.1. The van der Waals surface area contributed by atoms with E-state index in [9.17, 15) is 14.6 Å². The van der Waals surface area contributed by atoms with E-state index in [1.54, 1.807) is 24.3 Å². The first-order valence-corrected chi connectivity index (χ1v) is 12.3. The fraction of sp³-hybridized carbons (Fsp3) is 0.310. The maximum atomic E-state index is 12.6. The fourth-order valence-electron chi connectivity index (χ4n) is 5.26. The molecular weight excluding hydrogens is 461 g/mol. The third-order valence-electron chi connectivity index (χ3n) is 7.10. The molecule has 1 saturated heterocycles. The molecule has 7 heteroatoms. The lowest BCUT2D eigenvalue weighted by Crippen LogP contribution is -2.49. The van der Waals surface area contributed by atoms with Crippen LogP contribution in [0.15, 0.2) is 60.7 Å². The Morgan fingerprint density at radius 2 is 1.64 bits per heavy atom. The summed E-state index contributed by atoms with van der Waals surface area (Å²) < 4.78 is 31.0. The minimum Gasteiger partial charge on any atom is -0.508 e. The van der Waals surface area contributed by atoms with Crippen LogP contribution >= 0.6 is 0 Å². The Hall–Kier alpha value is -3.71. The van der Waals surface area contributed by atoms with E-state index in [-0.39, 0.29) is 24.1 Å². The van der Waals surface area contributed by atoms with Gasteiger partial charge >= 0.3 is 0 Å². The van der Waals surface area contributed by atoms with Crippen molar-refractivity contribution in [3.63, 3.8) is 0 Å². The summed E-state index contributed by atoms with van der Waals surface area (Å²) in [7, 11) is 0. The van der Waals surface area contributed by atoms with E-state index in [1.807, 2.05) is 36.4 Å². The summed E-state index contributed by atoms with van der Waals surface area (Å²) in [5.41, 5.74) is 4.86. The van der Waals surface area contributed by atoms with Crippen molar-refractivity contribution in [2.24, 2.45) is 5.92 Å². The molecule has 0 radical (unpaired) electrons. The number of alkyl halides is 1. The van der Waals surface area contributed by atoms with Gasteiger partial charge in [-0.05, 0) is 47.5 Å². The predicted octanol–water partition coefficient (Wildman–Crippen LogP) is 5.20. The van der Waals surface area contributed by atoms with Gasteiger partial charge in [-0.2, -0.15) is 0 Å². The third-order valence-corrected chi connectivity index (χ3v) is 7.10. The van der Waals surface area contributed by atoms with Crippen LogP contribution in [-0.4, -0.2) is 54.6 Å². The van der Waals surface area contributed by atoms with Gasteiger partial charge in [0, 0.05) is 60.8 Å². The molecule has 3 aromatic rings. The second kappa shape index (κ2) is 9.39. The zero-order valence-corrected chi connectivity index (χ0v) is 19.8. The smallest absolute Gasteiger partial charge is 0.150 e. The molecule has 0 amide bonds. The Morgan fingerprint density at radius 3 is 2.39 bits per heavy atom. The van der Waals surface area contributed by atoms with Gasteiger partial charge in [-0.25, -0.2) is 0 Å². The van der Waals surface area contributed by atoms with Gasteiger partial charge in [0.05, 0.1) is 13.3 Å². The average molecular weight is 490 g/mol. The summed E-state index contributed by atoms with van der Waals surface area (Å²) >= 11 is 0. The summed E-state index contributed by atoms with van der Waals surface area (Å²) in [5.74, 6) is 2.49. The number of ether oxygens (including phenoxy) is 3. The van der Waals surface area contributed by atoms with Crippen LogP contribution in [0.4, 0.5) is 4.39 Å². The van der Waals surface area contributed by atoms with E-state index in [0.717, 1.165) is 53.2 Å². The molecule has 3 heterocycles. The second-order valence-corrected chi connectivity index (χ2v) is 9.55. The molecule has 0 saturated carbocycles. The van der Waals surface area contributed by atoms with Gasteiger partial charge in [0.25, 0.3) is 0 Å². The Morgan fingerprint density at radius 1 is 0.917 bits per heavy atom. The molecule has 1 fully saturated rings. The molecule has 36 heavy (non-hydrogen) atoms. The highest BCUT2D eigenvalue weighted by Gasteiger charge is 2.34. The van der Waals surface area contributed by atoms with E-state index >= 15 is 0 Å². The number of phenols is 2. The molecule has 6 rings (SSSR count). The molecular formula is C29H28FNO5. The van der Waals surface area contributed by atoms with Crippen molar-refractivity contribution in [3.05, 3.63) is 77.4 Å². The zero-order valence-electron chi connectivity index (χ0n) is 19.8. The van der Waals surface area contributed by atoms with Gasteiger partial charge in [-0.15, -0.1) is 0 Å². The summed E-state index contributed by atoms with van der Waals surface area (Å²) in [4.78, 5) is 2.19. The van der Waals surface area contributed by atoms with Gasteiger partial charge in [0.2, 0.25) is 0 Å². The third kappa shape index (κ3) is 4.24. The molecule has 6 nitrogen and oxygen atoms in total. The van der Waals surface area contributed by atoms with E-state index in [0.29, 0.717) is 31.1 Å². The van der Waals surface area contributed by atoms with E-state index in [4.69, 9.17) is 14.2 Å². The van der Waals surface area contributed by atoms with Gasteiger partial charge in [0.1, 0.15) is 41.5 Å². The molecule has 0 bridgehead atoms. The molecule has 0 spiro atoms. The monoisotopic (exact) mass is 489 g/mol. The molecule has 2 N–H and O–H groups in total. The second-order valence-electron chi connectivity index (χ2n) is 9.55. The lowest BCUT2D eigenvalue weighted by Gasteiger charge is -2.37. The van der Waals surface area contributed by atoms with Crippen LogP contribution < -0.4 is 14.2 Å². The van der Waals surface area contributed by atoms with Crippen molar-refractivity contribution in [1.29, 1.82) is 0 Å². The Balaban J connectivity index is 1.29. The Bertz CT molecular complexity index is 1300. The van der Waals surface area contributed by atoms with Crippen molar-refractivity contribution in [2.75, 3.05) is 39.5 Å². The summed E-state index contributed by atoms with van der Waals surface area (Å²) in [6.45, 7) is 3.16. The molecule has 3 aromatic carbocycles. The number of fused-ring (bicyclic) bond motifs is 4. The number of rotatable bonds is 6. The van der Waals surface area contributed by atoms with E-state index in [1.165, 1.54) is 0 Å². The number of hydrogen-bond acceptors (Lipinski definition) is 6. The van der Waals surface area contributed by atoms with Crippen LogP contribution in [0.3, 0.4) is 0 Å².